The largest absolute Gasteiger partial charge is 0.478 e. The molecule has 1 aromatic heterocycles. The summed E-state index contributed by atoms with van der Waals surface area (Å²) < 4.78 is 5.52. The number of nitrogens with one attached hydrogen (secondary N) is 1. The van der Waals surface area contributed by atoms with E-state index in [0.717, 1.165) is 17.9 Å². The molecule has 0 bridgehead atoms. The number of aromatic nitrogens is 2. The quantitative estimate of drug-likeness (QED) is 0.811. The first-order chi connectivity index (χ1) is 8.15. The molecule has 0 aliphatic rings. The van der Waals surface area contributed by atoms with Gasteiger partial charge in [-0.05, 0) is 26.5 Å². The maximum Gasteiger partial charge on any atom is 0.226 e. The van der Waals surface area contributed by atoms with Crippen LogP contribution in [0.4, 0.5) is 5.95 Å². The van der Waals surface area contributed by atoms with Crippen molar-refractivity contribution in [3.8, 4) is 5.88 Å². The minimum absolute atomic E-state index is 0.353. The summed E-state index contributed by atoms with van der Waals surface area (Å²) in [5.74, 6) is 2.33. The molecule has 0 fully saturated rings. The van der Waals surface area contributed by atoms with Crippen molar-refractivity contribution in [1.29, 1.82) is 0 Å². The van der Waals surface area contributed by atoms with Gasteiger partial charge < -0.3 is 10.1 Å². The van der Waals surface area contributed by atoms with E-state index in [1.807, 2.05) is 13.0 Å². The van der Waals surface area contributed by atoms with Crippen molar-refractivity contribution in [2.45, 2.75) is 33.2 Å². The summed E-state index contributed by atoms with van der Waals surface area (Å²) in [5.41, 5.74) is 0.921. The van der Waals surface area contributed by atoms with Crippen LogP contribution >= 0.6 is 11.8 Å². The van der Waals surface area contributed by atoms with Crippen molar-refractivity contribution < 1.29 is 4.74 Å². The fourth-order valence-corrected chi connectivity index (χ4v) is 1.98. The molecule has 1 N–H and O–H groups in total. The van der Waals surface area contributed by atoms with E-state index in [1.165, 1.54) is 0 Å². The smallest absolute Gasteiger partial charge is 0.226 e. The lowest BCUT2D eigenvalue weighted by Crippen LogP contribution is -2.19. The highest BCUT2D eigenvalue weighted by Gasteiger charge is 2.06. The van der Waals surface area contributed by atoms with E-state index in [2.05, 4.69) is 35.4 Å². The number of hydrogen-bond acceptors (Lipinski definition) is 5. The van der Waals surface area contributed by atoms with Crippen molar-refractivity contribution >= 4 is 17.7 Å². The molecule has 4 nitrogen and oxygen atoms in total. The van der Waals surface area contributed by atoms with Crippen LogP contribution < -0.4 is 10.1 Å². The standard InChI is InChI=1S/C12H21N3OS/c1-5-6-16-11-7-9(2)13-12(15-11)14-10(3)8-17-4/h7,10H,5-6,8H2,1-4H3,(H,13,14,15). The summed E-state index contributed by atoms with van der Waals surface area (Å²) >= 11 is 1.80. The van der Waals surface area contributed by atoms with E-state index >= 15 is 0 Å². The number of thioether (sulfide) groups is 1. The molecule has 5 heteroatoms. The number of ether oxygens (including phenoxy) is 1. The summed E-state index contributed by atoms with van der Waals surface area (Å²) in [6.07, 6.45) is 3.07. The van der Waals surface area contributed by atoms with Gasteiger partial charge in [0.1, 0.15) is 0 Å². The van der Waals surface area contributed by atoms with Crippen molar-refractivity contribution in [3.05, 3.63) is 11.8 Å². The summed E-state index contributed by atoms with van der Waals surface area (Å²) in [6, 6.07) is 2.21. The second-order valence-electron chi connectivity index (χ2n) is 4.02. The summed E-state index contributed by atoms with van der Waals surface area (Å²) in [5, 5.41) is 3.28. The normalized spacial score (nSPS) is 12.2. The van der Waals surface area contributed by atoms with E-state index in [1.54, 1.807) is 11.8 Å². The molecule has 0 saturated carbocycles. The minimum atomic E-state index is 0.353. The molecule has 0 aliphatic carbocycles. The van der Waals surface area contributed by atoms with Gasteiger partial charge in [0.05, 0.1) is 6.61 Å². The molecule has 0 saturated heterocycles. The molecule has 0 spiro atoms. The predicted molar refractivity (Wildman–Crippen MR) is 74.0 cm³/mol. The average molecular weight is 255 g/mol. The summed E-state index contributed by atoms with van der Waals surface area (Å²) in [6.45, 7) is 6.84. The summed E-state index contributed by atoms with van der Waals surface area (Å²) in [4.78, 5) is 8.69. The number of rotatable bonds is 7. The van der Waals surface area contributed by atoms with Crippen LogP contribution in [0.25, 0.3) is 0 Å². The molecular weight excluding hydrogens is 234 g/mol. The molecule has 17 heavy (non-hydrogen) atoms. The Morgan fingerprint density at radius 3 is 2.88 bits per heavy atom. The molecule has 1 atom stereocenters. The van der Waals surface area contributed by atoms with Gasteiger partial charge in [0, 0.05) is 23.6 Å². The van der Waals surface area contributed by atoms with Crippen molar-refractivity contribution in [2.75, 3.05) is 23.9 Å². The van der Waals surface area contributed by atoms with Gasteiger partial charge >= 0.3 is 0 Å². The fraction of sp³-hybridized carbons (Fsp3) is 0.667. The zero-order chi connectivity index (χ0) is 12.7. The van der Waals surface area contributed by atoms with Crippen LogP contribution in [0.3, 0.4) is 0 Å². The Bertz CT molecular complexity index is 347. The maximum absolute atomic E-state index is 5.52. The van der Waals surface area contributed by atoms with Gasteiger partial charge in [-0.1, -0.05) is 6.92 Å². The van der Waals surface area contributed by atoms with E-state index in [0.29, 0.717) is 24.5 Å². The van der Waals surface area contributed by atoms with E-state index < -0.39 is 0 Å². The van der Waals surface area contributed by atoms with Crippen LogP contribution in [-0.4, -0.2) is 34.6 Å². The van der Waals surface area contributed by atoms with E-state index in [9.17, 15) is 0 Å². The Balaban J connectivity index is 2.67. The second-order valence-corrected chi connectivity index (χ2v) is 4.93. The Morgan fingerprint density at radius 2 is 2.24 bits per heavy atom. The van der Waals surface area contributed by atoms with Gasteiger partial charge in [0.25, 0.3) is 0 Å². The first-order valence-electron chi connectivity index (χ1n) is 5.89. The Morgan fingerprint density at radius 1 is 1.47 bits per heavy atom. The van der Waals surface area contributed by atoms with Crippen molar-refractivity contribution in [1.82, 2.24) is 9.97 Å². The van der Waals surface area contributed by atoms with Gasteiger partial charge in [-0.25, -0.2) is 4.98 Å². The molecule has 1 unspecified atom stereocenters. The zero-order valence-electron chi connectivity index (χ0n) is 11.0. The first kappa shape index (κ1) is 14.1. The topological polar surface area (TPSA) is 47.0 Å². The lowest BCUT2D eigenvalue weighted by molar-refractivity contribution is 0.305. The van der Waals surface area contributed by atoms with Crippen LogP contribution in [0, 0.1) is 6.92 Å². The Kier molecular flexibility index (Phi) is 6.11. The maximum atomic E-state index is 5.52. The molecule has 1 aromatic rings. The highest BCUT2D eigenvalue weighted by Crippen LogP contribution is 2.13. The molecular formula is C12H21N3OS. The van der Waals surface area contributed by atoms with Gasteiger partial charge in [0.2, 0.25) is 11.8 Å². The second kappa shape index (κ2) is 7.37. The third-order valence-corrected chi connectivity index (χ3v) is 2.91. The number of anilines is 1. The van der Waals surface area contributed by atoms with Crippen LogP contribution in [-0.2, 0) is 0 Å². The van der Waals surface area contributed by atoms with E-state index in [-0.39, 0.29) is 0 Å². The fourth-order valence-electron chi connectivity index (χ4n) is 1.40. The van der Waals surface area contributed by atoms with Gasteiger partial charge in [-0.2, -0.15) is 16.7 Å². The Labute approximate surface area is 108 Å². The molecule has 0 amide bonds. The number of nitrogens with zero attached hydrogens (tertiary/aromatic N) is 2. The number of aryl methyl sites for hydroxylation is 1. The van der Waals surface area contributed by atoms with Crippen LogP contribution in [0.1, 0.15) is 26.0 Å². The molecule has 0 aliphatic heterocycles. The van der Waals surface area contributed by atoms with Crippen molar-refractivity contribution in [3.63, 3.8) is 0 Å². The number of hydrogen-bond donors (Lipinski definition) is 1. The van der Waals surface area contributed by atoms with Crippen LogP contribution in [0.2, 0.25) is 0 Å². The summed E-state index contributed by atoms with van der Waals surface area (Å²) in [7, 11) is 0. The highest BCUT2D eigenvalue weighted by atomic mass is 32.2. The molecule has 0 radical (unpaired) electrons. The molecule has 0 aromatic carbocycles. The van der Waals surface area contributed by atoms with Crippen molar-refractivity contribution in [2.24, 2.45) is 0 Å². The minimum Gasteiger partial charge on any atom is -0.478 e. The molecule has 1 rings (SSSR count). The molecule has 1 heterocycles. The molecule has 96 valence electrons. The van der Waals surface area contributed by atoms with Gasteiger partial charge in [0.15, 0.2) is 0 Å². The monoisotopic (exact) mass is 255 g/mol. The van der Waals surface area contributed by atoms with Gasteiger partial charge in [-0.15, -0.1) is 0 Å². The van der Waals surface area contributed by atoms with Crippen LogP contribution in [0.15, 0.2) is 6.07 Å². The highest BCUT2D eigenvalue weighted by molar-refractivity contribution is 7.98. The van der Waals surface area contributed by atoms with E-state index in [4.69, 9.17) is 4.74 Å². The van der Waals surface area contributed by atoms with Gasteiger partial charge in [-0.3, -0.25) is 0 Å². The Hall–Kier alpha value is -0.970. The lowest BCUT2D eigenvalue weighted by atomic mass is 10.4. The lowest BCUT2D eigenvalue weighted by Gasteiger charge is -2.13. The third kappa shape index (κ3) is 5.26. The SMILES string of the molecule is CCCOc1cc(C)nc(NC(C)CSC)n1. The third-order valence-electron chi connectivity index (χ3n) is 2.08. The first-order valence-corrected chi connectivity index (χ1v) is 7.29. The van der Waals surface area contributed by atoms with Crippen LogP contribution in [0.5, 0.6) is 5.88 Å². The predicted octanol–water partition coefficient (Wildman–Crippen LogP) is 2.74. The zero-order valence-corrected chi connectivity index (χ0v) is 11.8. The average Bonchev–Trinajstić information content (AvgIpc) is 2.25.